The summed E-state index contributed by atoms with van der Waals surface area (Å²) in [6.45, 7) is 0.0593. The number of hydrogen-bond donors (Lipinski definition) is 3. The van der Waals surface area contributed by atoms with Crippen LogP contribution in [0.3, 0.4) is 0 Å². The Morgan fingerprint density at radius 1 is 0.811 bits per heavy atom. The van der Waals surface area contributed by atoms with Gasteiger partial charge in [-0.05, 0) is 28.8 Å². The maximum Gasteiger partial charge on any atom is 0.408 e. The van der Waals surface area contributed by atoms with Gasteiger partial charge in [0, 0.05) is 17.9 Å². The Balaban J connectivity index is 1.66. The Morgan fingerprint density at radius 2 is 1.43 bits per heavy atom. The number of phenols is 1. The van der Waals surface area contributed by atoms with Gasteiger partial charge in [-0.15, -0.1) is 0 Å². The average Bonchev–Trinajstić information content (AvgIpc) is 2.92. The monoisotopic (exact) mass is 522 g/mol. The largest absolute Gasteiger partial charge is 0.508 e. The summed E-state index contributed by atoms with van der Waals surface area (Å²) in [7, 11) is 1.24. The second-order valence-corrected chi connectivity index (χ2v) is 9.24. The number of carbonyl (C=O) groups is 3. The molecule has 3 N–H and O–H groups in total. The zero-order valence-electron chi connectivity index (χ0n) is 20.5. The van der Waals surface area contributed by atoms with Crippen LogP contribution in [0.2, 0.25) is 0 Å². The van der Waals surface area contributed by atoms with Crippen LogP contribution in [0.25, 0.3) is 0 Å². The summed E-state index contributed by atoms with van der Waals surface area (Å²) in [6, 6.07) is 23.3. The number of methoxy groups -OCH3 is 1. The van der Waals surface area contributed by atoms with Crippen molar-refractivity contribution in [3.8, 4) is 5.75 Å². The molecule has 9 heteroatoms. The van der Waals surface area contributed by atoms with E-state index in [-0.39, 0.29) is 24.5 Å². The van der Waals surface area contributed by atoms with Gasteiger partial charge in [0.2, 0.25) is 5.91 Å². The number of phenolic OH excluding ortho intramolecular Hbond substituents is 1. The number of alkyl carbamates (subject to hydrolysis) is 1. The lowest BCUT2D eigenvalue weighted by molar-refractivity contribution is -0.145. The normalized spacial score (nSPS) is 12.1. The van der Waals surface area contributed by atoms with Crippen molar-refractivity contribution >= 4 is 29.7 Å². The van der Waals surface area contributed by atoms with Crippen LogP contribution < -0.4 is 10.6 Å². The van der Waals surface area contributed by atoms with Crippen molar-refractivity contribution < 1.29 is 29.0 Å². The van der Waals surface area contributed by atoms with Crippen LogP contribution in [0.15, 0.2) is 84.9 Å². The molecule has 2 unspecified atom stereocenters. The van der Waals surface area contributed by atoms with E-state index in [1.54, 1.807) is 12.1 Å². The third kappa shape index (κ3) is 9.53. The molecule has 0 saturated carbocycles. The molecule has 8 nitrogen and oxygen atoms in total. The molecule has 0 saturated heterocycles. The molecule has 0 heterocycles. The summed E-state index contributed by atoms with van der Waals surface area (Å²) >= 11 is 1.47. The summed E-state index contributed by atoms with van der Waals surface area (Å²) in [6.07, 6.45) is -0.585. The lowest BCUT2D eigenvalue weighted by Crippen LogP contribution is -2.53. The number of hydrogen-bond acceptors (Lipinski definition) is 7. The van der Waals surface area contributed by atoms with Crippen molar-refractivity contribution in [2.45, 2.75) is 30.9 Å². The van der Waals surface area contributed by atoms with Gasteiger partial charge in [0.05, 0.1) is 7.11 Å². The number of amides is 2. The van der Waals surface area contributed by atoms with E-state index in [1.807, 2.05) is 60.7 Å². The van der Waals surface area contributed by atoms with Crippen molar-refractivity contribution in [1.82, 2.24) is 10.6 Å². The van der Waals surface area contributed by atoms with E-state index < -0.39 is 30.1 Å². The number of rotatable bonds is 12. The van der Waals surface area contributed by atoms with Crippen LogP contribution >= 0.6 is 11.8 Å². The quantitative estimate of drug-likeness (QED) is 0.310. The predicted molar refractivity (Wildman–Crippen MR) is 142 cm³/mol. The van der Waals surface area contributed by atoms with Gasteiger partial charge in [-0.2, -0.15) is 11.8 Å². The minimum absolute atomic E-state index is 0.0593. The Kier molecular flexibility index (Phi) is 10.9. The molecule has 0 aromatic heterocycles. The van der Waals surface area contributed by atoms with E-state index in [0.717, 1.165) is 16.7 Å². The Labute approximate surface area is 220 Å². The van der Waals surface area contributed by atoms with E-state index >= 15 is 0 Å². The van der Waals surface area contributed by atoms with Crippen LogP contribution in [0.5, 0.6) is 5.75 Å². The van der Waals surface area contributed by atoms with Crippen LogP contribution in [-0.4, -0.2) is 48.0 Å². The van der Waals surface area contributed by atoms with Gasteiger partial charge in [0.1, 0.15) is 24.4 Å². The number of benzene rings is 3. The lowest BCUT2D eigenvalue weighted by Gasteiger charge is -2.22. The molecule has 0 radical (unpaired) electrons. The first-order valence-corrected chi connectivity index (χ1v) is 12.8. The highest BCUT2D eigenvalue weighted by molar-refractivity contribution is 7.98. The highest BCUT2D eigenvalue weighted by atomic mass is 32.2. The van der Waals surface area contributed by atoms with Gasteiger partial charge >= 0.3 is 12.1 Å². The number of aromatic hydroxyl groups is 1. The Hall–Kier alpha value is -3.98. The fourth-order valence-electron chi connectivity index (χ4n) is 3.43. The first-order valence-electron chi connectivity index (χ1n) is 11.7. The zero-order chi connectivity index (χ0) is 26.5. The highest BCUT2D eigenvalue weighted by Gasteiger charge is 2.28. The van der Waals surface area contributed by atoms with E-state index in [1.165, 1.54) is 31.0 Å². The summed E-state index contributed by atoms with van der Waals surface area (Å²) in [5, 5.41) is 14.8. The first kappa shape index (κ1) is 27.6. The minimum atomic E-state index is -0.981. The fourth-order valence-corrected chi connectivity index (χ4v) is 4.45. The maximum atomic E-state index is 13.2. The molecule has 0 aliphatic rings. The highest BCUT2D eigenvalue weighted by Crippen LogP contribution is 2.15. The second-order valence-electron chi connectivity index (χ2n) is 8.21. The van der Waals surface area contributed by atoms with Crippen molar-refractivity contribution in [1.29, 1.82) is 0 Å². The minimum Gasteiger partial charge on any atom is -0.508 e. The van der Waals surface area contributed by atoms with Crippen molar-refractivity contribution in [2.75, 3.05) is 12.9 Å². The fraction of sp³-hybridized carbons (Fsp3) is 0.250. The van der Waals surface area contributed by atoms with Crippen molar-refractivity contribution in [2.24, 2.45) is 0 Å². The van der Waals surface area contributed by atoms with Gasteiger partial charge in [-0.1, -0.05) is 72.8 Å². The van der Waals surface area contributed by atoms with E-state index in [9.17, 15) is 19.5 Å². The van der Waals surface area contributed by atoms with Crippen molar-refractivity contribution in [3.05, 3.63) is 102 Å². The summed E-state index contributed by atoms with van der Waals surface area (Å²) < 4.78 is 10.2. The topological polar surface area (TPSA) is 114 Å². The lowest BCUT2D eigenvalue weighted by atomic mass is 10.1. The summed E-state index contributed by atoms with van der Waals surface area (Å²) in [4.78, 5) is 38.2. The van der Waals surface area contributed by atoms with Crippen LogP contribution in [0.1, 0.15) is 16.7 Å². The summed E-state index contributed by atoms with van der Waals surface area (Å²) in [5.74, 6) is -0.167. The predicted octanol–water partition coefficient (Wildman–Crippen LogP) is 3.82. The first-order chi connectivity index (χ1) is 17.9. The number of carbonyl (C=O) groups excluding carboxylic acids is 3. The third-order valence-corrected chi connectivity index (χ3v) is 6.50. The Morgan fingerprint density at radius 3 is 2.05 bits per heavy atom. The maximum absolute atomic E-state index is 13.2. The van der Waals surface area contributed by atoms with E-state index in [0.29, 0.717) is 5.75 Å². The number of nitrogens with one attached hydrogen (secondary N) is 2. The smallest absolute Gasteiger partial charge is 0.408 e. The molecule has 2 atom stereocenters. The molecule has 0 fully saturated rings. The van der Waals surface area contributed by atoms with Gasteiger partial charge in [0.15, 0.2) is 0 Å². The summed E-state index contributed by atoms with van der Waals surface area (Å²) in [5.41, 5.74) is 2.62. The molecular formula is C28H30N2O6S. The average molecular weight is 523 g/mol. The standard InChI is InChI=1S/C28H30N2O6S/c1-35-27(33)24(16-20-12-14-23(31)15-13-20)29-26(32)25(19-37-18-22-10-6-3-7-11-22)30-28(34)36-17-21-8-4-2-5-9-21/h2-15,24-25,31H,16-19H2,1H3,(H,29,32)(H,30,34). The molecule has 0 spiro atoms. The molecule has 194 valence electrons. The Bertz CT molecular complexity index is 1140. The SMILES string of the molecule is COC(=O)C(Cc1ccc(O)cc1)NC(=O)C(CSCc1ccccc1)NC(=O)OCc1ccccc1. The molecular weight excluding hydrogens is 492 g/mol. The molecule has 0 aliphatic heterocycles. The second kappa shape index (κ2) is 14.5. The molecule has 37 heavy (non-hydrogen) atoms. The van der Waals surface area contributed by atoms with Crippen LogP contribution in [0.4, 0.5) is 4.79 Å². The number of thioether (sulfide) groups is 1. The molecule has 3 aromatic carbocycles. The number of ether oxygens (including phenoxy) is 2. The molecule has 0 bridgehead atoms. The van der Waals surface area contributed by atoms with Gasteiger partial charge in [0.25, 0.3) is 0 Å². The van der Waals surface area contributed by atoms with Crippen molar-refractivity contribution in [3.63, 3.8) is 0 Å². The van der Waals surface area contributed by atoms with Gasteiger partial charge in [-0.25, -0.2) is 9.59 Å². The van der Waals surface area contributed by atoms with E-state index in [2.05, 4.69) is 10.6 Å². The molecule has 3 rings (SSSR count). The zero-order valence-corrected chi connectivity index (χ0v) is 21.3. The third-order valence-electron chi connectivity index (χ3n) is 5.40. The van der Waals surface area contributed by atoms with Gasteiger partial charge < -0.3 is 25.2 Å². The van der Waals surface area contributed by atoms with Gasteiger partial charge in [-0.3, -0.25) is 4.79 Å². The molecule has 2 amide bonds. The van der Waals surface area contributed by atoms with E-state index in [4.69, 9.17) is 9.47 Å². The molecule has 0 aliphatic carbocycles. The van der Waals surface area contributed by atoms with Crippen LogP contribution in [0, 0.1) is 0 Å². The number of esters is 1. The molecule has 3 aromatic rings. The van der Waals surface area contributed by atoms with Crippen LogP contribution in [-0.2, 0) is 37.8 Å².